The Labute approximate surface area is 125 Å². The van der Waals surface area contributed by atoms with Gasteiger partial charge in [-0.25, -0.2) is 0 Å². The number of halogens is 1. The van der Waals surface area contributed by atoms with Crippen molar-refractivity contribution in [2.75, 3.05) is 19.6 Å². The number of nitrogens with zero attached hydrogens (tertiary/aromatic N) is 3. The third-order valence-corrected chi connectivity index (χ3v) is 4.12. The summed E-state index contributed by atoms with van der Waals surface area (Å²) in [6, 6.07) is 0. The summed E-state index contributed by atoms with van der Waals surface area (Å²) in [5.41, 5.74) is -0.945. The molecule has 1 aromatic heterocycles. The second kappa shape index (κ2) is 6.99. The van der Waals surface area contributed by atoms with E-state index in [0.29, 0.717) is 6.54 Å². The van der Waals surface area contributed by atoms with Crippen LogP contribution in [0.15, 0.2) is 21.7 Å². The van der Waals surface area contributed by atoms with E-state index in [2.05, 4.69) is 20.8 Å². The molecule has 2 rings (SSSR count). The zero-order valence-corrected chi connectivity index (χ0v) is 12.8. The quantitative estimate of drug-likeness (QED) is 0.608. The molecule has 6 nitrogen and oxygen atoms in total. The number of likely N-dealkylation sites (tertiary alicyclic amines) is 1. The van der Waals surface area contributed by atoms with E-state index in [0.717, 1.165) is 26.1 Å². The van der Waals surface area contributed by atoms with Crippen molar-refractivity contribution in [1.29, 1.82) is 0 Å². The average Bonchev–Trinajstić information content (AvgIpc) is 2.43. The Hall–Kier alpha value is -1.21. The van der Waals surface area contributed by atoms with Crippen LogP contribution in [-0.2, 0) is 6.54 Å². The van der Waals surface area contributed by atoms with Crippen molar-refractivity contribution in [2.24, 2.45) is 0 Å². The summed E-state index contributed by atoms with van der Waals surface area (Å²) in [6.45, 7) is 3.97. The number of hydrogen-bond acceptors (Lipinski definition) is 4. The first kappa shape index (κ1) is 15.2. The van der Waals surface area contributed by atoms with E-state index in [1.165, 1.54) is 25.5 Å². The van der Waals surface area contributed by atoms with Gasteiger partial charge in [-0.1, -0.05) is 6.42 Å². The molecule has 0 amide bonds. The Bertz CT molecular complexity index is 538. The molecule has 1 saturated heterocycles. The molecule has 0 aliphatic carbocycles. The van der Waals surface area contributed by atoms with Crippen molar-refractivity contribution in [1.82, 2.24) is 9.47 Å². The van der Waals surface area contributed by atoms with Crippen LogP contribution in [0.1, 0.15) is 25.7 Å². The summed E-state index contributed by atoms with van der Waals surface area (Å²) < 4.78 is 1.96. The number of aromatic nitrogens is 1. The van der Waals surface area contributed by atoms with Crippen LogP contribution in [-0.4, -0.2) is 34.0 Å². The SMILES string of the molecule is O=c1c(Br)cn(CCCN2CCCCC2)cc1[N+](=O)[O-]. The van der Waals surface area contributed by atoms with Gasteiger partial charge in [0.15, 0.2) is 0 Å². The van der Waals surface area contributed by atoms with E-state index < -0.39 is 10.4 Å². The topological polar surface area (TPSA) is 68.4 Å². The van der Waals surface area contributed by atoms with Gasteiger partial charge in [0.25, 0.3) is 5.43 Å². The Morgan fingerprint density at radius 1 is 1.20 bits per heavy atom. The molecule has 1 aliphatic rings. The minimum absolute atomic E-state index is 0.240. The minimum Gasteiger partial charge on any atom is -0.347 e. The molecule has 1 aliphatic heterocycles. The number of hydrogen-bond donors (Lipinski definition) is 0. The molecule has 7 heteroatoms. The third kappa shape index (κ3) is 3.89. The van der Waals surface area contributed by atoms with E-state index in [1.54, 1.807) is 10.8 Å². The van der Waals surface area contributed by atoms with Crippen molar-refractivity contribution < 1.29 is 4.92 Å². The predicted octanol–water partition coefficient (Wildman–Crippen LogP) is 2.40. The second-order valence-corrected chi connectivity index (χ2v) is 5.93. The maximum absolute atomic E-state index is 11.6. The molecular formula is C13H18BrN3O3. The molecule has 1 aromatic rings. The predicted molar refractivity (Wildman–Crippen MR) is 80.0 cm³/mol. The highest BCUT2D eigenvalue weighted by atomic mass is 79.9. The monoisotopic (exact) mass is 343 g/mol. The van der Waals surface area contributed by atoms with Crippen LogP contribution in [0.5, 0.6) is 0 Å². The van der Waals surface area contributed by atoms with E-state index in [4.69, 9.17) is 0 Å². The summed E-state index contributed by atoms with van der Waals surface area (Å²) in [6.07, 6.45) is 7.70. The van der Waals surface area contributed by atoms with Crippen LogP contribution < -0.4 is 5.43 Å². The highest BCUT2D eigenvalue weighted by Crippen LogP contribution is 2.12. The molecule has 110 valence electrons. The van der Waals surface area contributed by atoms with Crippen molar-refractivity contribution in [3.8, 4) is 0 Å². The first-order valence-electron chi connectivity index (χ1n) is 6.84. The summed E-state index contributed by atoms with van der Waals surface area (Å²) in [7, 11) is 0. The molecule has 0 atom stereocenters. The largest absolute Gasteiger partial charge is 0.347 e. The van der Waals surface area contributed by atoms with Gasteiger partial charge in [0.2, 0.25) is 0 Å². The Kier molecular flexibility index (Phi) is 5.31. The van der Waals surface area contributed by atoms with Crippen LogP contribution >= 0.6 is 15.9 Å². The molecule has 0 aromatic carbocycles. The van der Waals surface area contributed by atoms with Crippen molar-refractivity contribution in [3.05, 3.63) is 37.2 Å². The van der Waals surface area contributed by atoms with Gasteiger partial charge >= 0.3 is 5.69 Å². The molecule has 20 heavy (non-hydrogen) atoms. The number of rotatable bonds is 5. The maximum atomic E-state index is 11.6. The first-order valence-corrected chi connectivity index (χ1v) is 7.63. The van der Waals surface area contributed by atoms with Crippen molar-refractivity contribution in [3.63, 3.8) is 0 Å². The van der Waals surface area contributed by atoms with Crippen LogP contribution in [0.2, 0.25) is 0 Å². The highest BCUT2D eigenvalue weighted by Gasteiger charge is 2.16. The van der Waals surface area contributed by atoms with Gasteiger partial charge < -0.3 is 9.47 Å². The van der Waals surface area contributed by atoms with Gasteiger partial charge in [-0.2, -0.15) is 0 Å². The lowest BCUT2D eigenvalue weighted by atomic mass is 10.1. The highest BCUT2D eigenvalue weighted by molar-refractivity contribution is 9.10. The lowest BCUT2D eigenvalue weighted by Gasteiger charge is -2.26. The van der Waals surface area contributed by atoms with Gasteiger partial charge in [0, 0.05) is 12.7 Å². The van der Waals surface area contributed by atoms with E-state index >= 15 is 0 Å². The number of pyridine rings is 1. The normalized spacial score (nSPS) is 16.2. The zero-order valence-electron chi connectivity index (χ0n) is 11.3. The molecule has 0 N–H and O–H groups in total. The van der Waals surface area contributed by atoms with Crippen molar-refractivity contribution in [2.45, 2.75) is 32.2 Å². The Balaban J connectivity index is 1.95. The number of piperidine rings is 1. The van der Waals surface area contributed by atoms with Gasteiger partial charge in [-0.15, -0.1) is 0 Å². The van der Waals surface area contributed by atoms with Crippen LogP contribution in [0.25, 0.3) is 0 Å². The first-order chi connectivity index (χ1) is 9.58. The number of aryl methyl sites for hydroxylation is 1. The molecule has 2 heterocycles. The number of nitro groups is 1. The van der Waals surface area contributed by atoms with E-state index in [1.807, 2.05) is 0 Å². The Morgan fingerprint density at radius 2 is 1.90 bits per heavy atom. The molecule has 0 saturated carbocycles. The standard InChI is InChI=1S/C13H18BrN3O3/c14-11-9-16(10-12(13(11)18)17(19)20)8-4-7-15-5-2-1-3-6-15/h9-10H,1-8H2. The minimum atomic E-state index is -0.631. The van der Waals surface area contributed by atoms with Crippen LogP contribution in [0.4, 0.5) is 5.69 Å². The lowest BCUT2D eigenvalue weighted by Crippen LogP contribution is -2.31. The smallest absolute Gasteiger partial charge is 0.333 e. The Morgan fingerprint density at radius 3 is 2.55 bits per heavy atom. The average molecular weight is 344 g/mol. The summed E-state index contributed by atoms with van der Waals surface area (Å²) >= 11 is 3.09. The molecular weight excluding hydrogens is 326 g/mol. The summed E-state index contributed by atoms with van der Waals surface area (Å²) in [4.78, 5) is 24.2. The molecule has 0 spiro atoms. The van der Waals surface area contributed by atoms with Crippen LogP contribution in [0, 0.1) is 10.1 Å². The molecule has 0 radical (unpaired) electrons. The fraction of sp³-hybridized carbons (Fsp3) is 0.615. The molecule has 0 bridgehead atoms. The van der Waals surface area contributed by atoms with Gasteiger partial charge in [0.05, 0.1) is 15.6 Å². The molecule has 0 unspecified atom stereocenters. The third-order valence-electron chi connectivity index (χ3n) is 3.55. The van der Waals surface area contributed by atoms with Gasteiger partial charge in [-0.3, -0.25) is 14.9 Å². The fourth-order valence-corrected chi connectivity index (χ4v) is 2.96. The van der Waals surface area contributed by atoms with Gasteiger partial charge in [-0.05, 0) is 54.8 Å². The summed E-state index contributed by atoms with van der Waals surface area (Å²) in [5.74, 6) is 0. The second-order valence-electron chi connectivity index (χ2n) is 5.07. The van der Waals surface area contributed by atoms with Crippen molar-refractivity contribution >= 4 is 21.6 Å². The molecule has 1 fully saturated rings. The van der Waals surface area contributed by atoms with E-state index in [-0.39, 0.29) is 10.2 Å². The van der Waals surface area contributed by atoms with Crippen LogP contribution in [0.3, 0.4) is 0 Å². The zero-order chi connectivity index (χ0) is 14.5. The fourth-order valence-electron chi connectivity index (χ4n) is 2.50. The van der Waals surface area contributed by atoms with Gasteiger partial charge in [0.1, 0.15) is 0 Å². The summed E-state index contributed by atoms with van der Waals surface area (Å²) in [5, 5.41) is 10.8. The maximum Gasteiger partial charge on any atom is 0.333 e. The lowest BCUT2D eigenvalue weighted by molar-refractivity contribution is -0.386. The van der Waals surface area contributed by atoms with E-state index in [9.17, 15) is 14.9 Å².